The molecule has 2 aromatic rings. The highest BCUT2D eigenvalue weighted by Crippen LogP contribution is 2.25. The van der Waals surface area contributed by atoms with Crippen molar-refractivity contribution in [3.63, 3.8) is 0 Å². The minimum absolute atomic E-state index is 0.0448. The monoisotopic (exact) mass is 263 g/mol. The second-order valence-corrected chi connectivity index (χ2v) is 4.22. The van der Waals surface area contributed by atoms with E-state index in [-0.39, 0.29) is 17.8 Å². The first-order valence-corrected chi connectivity index (χ1v) is 5.90. The first-order chi connectivity index (χ1) is 9.01. The maximum absolute atomic E-state index is 13.7. The summed E-state index contributed by atoms with van der Waals surface area (Å²) in [7, 11) is 0. The number of ether oxygens (including phenoxy) is 1. The lowest BCUT2D eigenvalue weighted by atomic mass is 10.00. The van der Waals surface area contributed by atoms with E-state index in [4.69, 9.17) is 4.74 Å². The van der Waals surface area contributed by atoms with Gasteiger partial charge < -0.3 is 4.74 Å². The Morgan fingerprint density at radius 1 is 1.21 bits per heavy atom. The van der Waals surface area contributed by atoms with Crippen LogP contribution in [0.5, 0.6) is 0 Å². The standard InChI is InChI=1S/C15H13F2O2/c1-3-19-15(18)6-10-4-9(2)12-7-11(16)8-14(17)13(12)5-10/h4-5,7-8H,2-3,6H2,1H3. The van der Waals surface area contributed by atoms with Gasteiger partial charge >= 0.3 is 5.97 Å². The number of fused-ring (bicyclic) bond motifs is 1. The van der Waals surface area contributed by atoms with Gasteiger partial charge in [0.1, 0.15) is 11.6 Å². The minimum Gasteiger partial charge on any atom is -0.466 e. The molecule has 0 amide bonds. The molecule has 0 bridgehead atoms. The van der Waals surface area contributed by atoms with Crippen LogP contribution < -0.4 is 0 Å². The zero-order chi connectivity index (χ0) is 14.0. The van der Waals surface area contributed by atoms with Crippen LogP contribution in [0.3, 0.4) is 0 Å². The summed E-state index contributed by atoms with van der Waals surface area (Å²) in [6.07, 6.45) is 0.0448. The van der Waals surface area contributed by atoms with Crippen LogP contribution in [0, 0.1) is 18.6 Å². The molecule has 4 heteroatoms. The largest absolute Gasteiger partial charge is 0.466 e. The number of hydrogen-bond donors (Lipinski definition) is 0. The fraction of sp³-hybridized carbons (Fsp3) is 0.200. The Balaban J connectivity index is 2.46. The molecule has 0 aliphatic rings. The molecule has 1 radical (unpaired) electrons. The van der Waals surface area contributed by atoms with Gasteiger partial charge in [-0.3, -0.25) is 4.79 Å². The molecule has 0 aromatic heterocycles. The van der Waals surface area contributed by atoms with Crippen molar-refractivity contribution in [3.05, 3.63) is 54.0 Å². The van der Waals surface area contributed by atoms with E-state index in [2.05, 4.69) is 6.92 Å². The highest BCUT2D eigenvalue weighted by atomic mass is 19.1. The van der Waals surface area contributed by atoms with Gasteiger partial charge in [-0.1, -0.05) is 6.07 Å². The van der Waals surface area contributed by atoms with E-state index in [1.54, 1.807) is 13.0 Å². The first kappa shape index (κ1) is 13.5. The third-order valence-corrected chi connectivity index (χ3v) is 2.78. The number of carbonyl (C=O) groups is 1. The summed E-state index contributed by atoms with van der Waals surface area (Å²) in [5.74, 6) is -1.69. The van der Waals surface area contributed by atoms with Crippen molar-refractivity contribution in [1.29, 1.82) is 0 Å². The van der Waals surface area contributed by atoms with Crippen molar-refractivity contribution in [2.75, 3.05) is 6.61 Å². The summed E-state index contributed by atoms with van der Waals surface area (Å²) in [5, 5.41) is 0.665. The average Bonchev–Trinajstić information content (AvgIpc) is 2.31. The van der Waals surface area contributed by atoms with Crippen LogP contribution in [-0.2, 0) is 16.0 Å². The zero-order valence-corrected chi connectivity index (χ0v) is 10.5. The second-order valence-electron chi connectivity index (χ2n) is 4.22. The SMILES string of the molecule is [CH2]c1cc(CC(=O)OCC)cc2c(F)cc(F)cc12. The van der Waals surface area contributed by atoms with Crippen LogP contribution in [0.4, 0.5) is 8.78 Å². The van der Waals surface area contributed by atoms with Crippen LogP contribution >= 0.6 is 0 Å². The van der Waals surface area contributed by atoms with E-state index in [0.717, 1.165) is 6.07 Å². The molecule has 0 fully saturated rings. The van der Waals surface area contributed by atoms with Gasteiger partial charge in [-0.2, -0.15) is 0 Å². The highest BCUT2D eigenvalue weighted by Gasteiger charge is 2.10. The highest BCUT2D eigenvalue weighted by molar-refractivity contribution is 5.88. The summed E-state index contributed by atoms with van der Waals surface area (Å²) >= 11 is 0. The smallest absolute Gasteiger partial charge is 0.310 e. The Bertz CT molecular complexity index is 636. The number of carbonyl (C=O) groups excluding carboxylic acids is 1. The first-order valence-electron chi connectivity index (χ1n) is 5.90. The molecule has 0 spiro atoms. The van der Waals surface area contributed by atoms with E-state index in [1.807, 2.05) is 0 Å². The molecule has 0 saturated carbocycles. The molecule has 0 aliphatic carbocycles. The molecule has 0 saturated heterocycles. The molecular formula is C15H13F2O2. The van der Waals surface area contributed by atoms with Gasteiger partial charge in [0, 0.05) is 11.5 Å². The Hall–Kier alpha value is -1.97. The molecular weight excluding hydrogens is 250 g/mol. The number of esters is 1. The van der Waals surface area contributed by atoms with E-state index in [0.29, 0.717) is 23.1 Å². The van der Waals surface area contributed by atoms with E-state index >= 15 is 0 Å². The molecule has 0 atom stereocenters. The zero-order valence-electron chi connectivity index (χ0n) is 10.5. The van der Waals surface area contributed by atoms with Gasteiger partial charge in [0.25, 0.3) is 0 Å². The van der Waals surface area contributed by atoms with Crippen LogP contribution in [-0.4, -0.2) is 12.6 Å². The topological polar surface area (TPSA) is 26.3 Å². The summed E-state index contributed by atoms with van der Waals surface area (Å²) in [5.41, 5.74) is 1.08. The van der Waals surface area contributed by atoms with Crippen LogP contribution in [0.2, 0.25) is 0 Å². The van der Waals surface area contributed by atoms with Gasteiger partial charge in [0.2, 0.25) is 0 Å². The maximum atomic E-state index is 13.7. The van der Waals surface area contributed by atoms with Crippen molar-refractivity contribution < 1.29 is 18.3 Å². The predicted molar refractivity (Wildman–Crippen MR) is 68.7 cm³/mol. The fourth-order valence-corrected chi connectivity index (χ4v) is 2.01. The van der Waals surface area contributed by atoms with Crippen LogP contribution in [0.25, 0.3) is 10.8 Å². The van der Waals surface area contributed by atoms with Gasteiger partial charge in [-0.15, -0.1) is 0 Å². The molecule has 99 valence electrons. The lowest BCUT2D eigenvalue weighted by Gasteiger charge is -2.08. The van der Waals surface area contributed by atoms with Crippen molar-refractivity contribution in [2.24, 2.45) is 0 Å². The average molecular weight is 263 g/mol. The van der Waals surface area contributed by atoms with E-state index < -0.39 is 11.6 Å². The van der Waals surface area contributed by atoms with Gasteiger partial charge in [0.15, 0.2) is 0 Å². The summed E-state index contributed by atoms with van der Waals surface area (Å²) < 4.78 is 31.7. The van der Waals surface area contributed by atoms with Crippen molar-refractivity contribution in [1.82, 2.24) is 0 Å². The van der Waals surface area contributed by atoms with E-state index in [1.165, 1.54) is 12.1 Å². The third kappa shape index (κ3) is 2.89. The van der Waals surface area contributed by atoms with Gasteiger partial charge in [-0.05, 0) is 42.5 Å². The molecule has 2 aromatic carbocycles. The molecule has 0 N–H and O–H groups in total. The minimum atomic E-state index is -0.661. The Labute approximate surface area is 110 Å². The van der Waals surface area contributed by atoms with Crippen LogP contribution in [0.15, 0.2) is 24.3 Å². The van der Waals surface area contributed by atoms with Crippen LogP contribution in [0.1, 0.15) is 18.1 Å². The number of hydrogen-bond acceptors (Lipinski definition) is 2. The van der Waals surface area contributed by atoms with E-state index in [9.17, 15) is 13.6 Å². The van der Waals surface area contributed by atoms with Gasteiger partial charge in [-0.25, -0.2) is 8.78 Å². The van der Waals surface area contributed by atoms with Gasteiger partial charge in [0.05, 0.1) is 13.0 Å². The Morgan fingerprint density at radius 2 is 1.95 bits per heavy atom. The molecule has 0 unspecified atom stereocenters. The Morgan fingerprint density at radius 3 is 2.63 bits per heavy atom. The number of halogens is 2. The predicted octanol–water partition coefficient (Wildman–Crippen LogP) is 3.41. The molecule has 19 heavy (non-hydrogen) atoms. The summed E-state index contributed by atoms with van der Waals surface area (Å²) in [6.45, 7) is 5.77. The quantitative estimate of drug-likeness (QED) is 0.793. The molecule has 0 heterocycles. The normalized spacial score (nSPS) is 10.7. The lowest BCUT2D eigenvalue weighted by molar-refractivity contribution is -0.142. The summed E-state index contributed by atoms with van der Waals surface area (Å²) in [4.78, 5) is 11.4. The molecule has 2 rings (SSSR count). The Kier molecular flexibility index (Phi) is 3.79. The lowest BCUT2D eigenvalue weighted by Crippen LogP contribution is -2.07. The molecule has 0 aliphatic heterocycles. The number of rotatable bonds is 3. The van der Waals surface area contributed by atoms with Crippen molar-refractivity contribution in [2.45, 2.75) is 13.3 Å². The molecule has 2 nitrogen and oxygen atoms in total. The summed E-state index contributed by atoms with van der Waals surface area (Å²) in [6, 6.07) is 5.21. The van der Waals surface area contributed by atoms with Crippen molar-refractivity contribution >= 4 is 16.7 Å². The maximum Gasteiger partial charge on any atom is 0.310 e. The van der Waals surface area contributed by atoms with Crippen molar-refractivity contribution in [3.8, 4) is 0 Å². The number of benzene rings is 2. The second kappa shape index (κ2) is 5.34. The third-order valence-electron chi connectivity index (χ3n) is 2.78. The fourth-order valence-electron chi connectivity index (χ4n) is 2.01.